The number of aliphatic hydroxyl groups is 1. The van der Waals surface area contributed by atoms with Gasteiger partial charge in [0.15, 0.2) is 0 Å². The average molecular weight is 254 g/mol. The van der Waals surface area contributed by atoms with Crippen LogP contribution in [-0.4, -0.2) is 41.4 Å². The lowest BCUT2D eigenvalue weighted by Crippen LogP contribution is -2.46. The Morgan fingerprint density at radius 3 is 2.89 bits per heavy atom. The Hall–Kier alpha value is -1.53. The van der Waals surface area contributed by atoms with E-state index >= 15 is 0 Å². The summed E-state index contributed by atoms with van der Waals surface area (Å²) in [6, 6.07) is 1.11. The van der Waals surface area contributed by atoms with Crippen LogP contribution in [0.25, 0.3) is 0 Å². The van der Waals surface area contributed by atoms with Crippen LogP contribution in [0.15, 0.2) is 18.5 Å². The van der Waals surface area contributed by atoms with Crippen molar-refractivity contribution in [2.45, 2.75) is 18.4 Å². The molecule has 1 fully saturated rings. The van der Waals surface area contributed by atoms with Crippen LogP contribution in [0.2, 0.25) is 0 Å². The van der Waals surface area contributed by atoms with Gasteiger partial charge in [0.2, 0.25) is 0 Å². The highest BCUT2D eigenvalue weighted by Crippen LogP contribution is 2.19. The molecule has 2 rings (SSSR count). The molecule has 0 aliphatic carbocycles. The van der Waals surface area contributed by atoms with E-state index in [-0.39, 0.29) is 12.1 Å². The number of nitrogens with one attached hydrogen (secondary N) is 1. The minimum absolute atomic E-state index is 0.131. The zero-order valence-electron chi connectivity index (χ0n) is 9.86. The molecule has 0 atom stereocenters. The fraction of sp³-hybridized carbons (Fsp3) is 0.500. The number of halogens is 1. The van der Waals surface area contributed by atoms with Gasteiger partial charge in [-0.3, -0.25) is 9.78 Å². The largest absolute Gasteiger partial charge is 0.388 e. The third-order valence-corrected chi connectivity index (χ3v) is 2.97. The first kappa shape index (κ1) is 12.9. The van der Waals surface area contributed by atoms with Crippen LogP contribution in [-0.2, 0) is 4.74 Å². The van der Waals surface area contributed by atoms with Crippen molar-refractivity contribution in [3.8, 4) is 0 Å². The third-order valence-electron chi connectivity index (χ3n) is 2.97. The van der Waals surface area contributed by atoms with Crippen molar-refractivity contribution in [3.63, 3.8) is 0 Å². The van der Waals surface area contributed by atoms with Crippen LogP contribution in [0.1, 0.15) is 23.2 Å². The van der Waals surface area contributed by atoms with E-state index in [4.69, 9.17) is 4.74 Å². The van der Waals surface area contributed by atoms with Crippen molar-refractivity contribution in [2.24, 2.45) is 0 Å². The van der Waals surface area contributed by atoms with Gasteiger partial charge in [-0.1, -0.05) is 0 Å². The number of carbonyl (C=O) groups excluding carboxylic acids is 1. The molecule has 5 nitrogen and oxygen atoms in total. The summed E-state index contributed by atoms with van der Waals surface area (Å²) < 4.78 is 18.0. The number of hydrogen-bond donors (Lipinski definition) is 2. The Morgan fingerprint density at radius 1 is 1.50 bits per heavy atom. The molecule has 2 N–H and O–H groups in total. The van der Waals surface area contributed by atoms with Crippen LogP contribution in [0.5, 0.6) is 0 Å². The molecule has 1 aliphatic rings. The maximum Gasteiger partial charge on any atom is 0.253 e. The van der Waals surface area contributed by atoms with Crippen molar-refractivity contribution in [3.05, 3.63) is 29.8 Å². The lowest BCUT2D eigenvalue weighted by Gasteiger charge is -2.32. The predicted octanol–water partition coefficient (Wildman–Crippen LogP) is 0.492. The highest BCUT2D eigenvalue weighted by molar-refractivity contribution is 5.93. The van der Waals surface area contributed by atoms with Crippen molar-refractivity contribution in [2.75, 3.05) is 19.8 Å². The predicted molar refractivity (Wildman–Crippen MR) is 61.5 cm³/mol. The van der Waals surface area contributed by atoms with Gasteiger partial charge in [-0.05, 0) is 6.07 Å². The molecule has 1 aliphatic heterocycles. The average Bonchev–Trinajstić information content (AvgIpc) is 2.37. The van der Waals surface area contributed by atoms with Crippen molar-refractivity contribution in [1.82, 2.24) is 10.3 Å². The lowest BCUT2D eigenvalue weighted by molar-refractivity contribution is -0.0605. The van der Waals surface area contributed by atoms with E-state index in [1.165, 1.54) is 6.20 Å². The van der Waals surface area contributed by atoms with Gasteiger partial charge in [0.25, 0.3) is 5.91 Å². The molecule has 18 heavy (non-hydrogen) atoms. The van der Waals surface area contributed by atoms with Gasteiger partial charge in [-0.2, -0.15) is 0 Å². The number of aromatic nitrogens is 1. The molecule has 0 bridgehead atoms. The lowest BCUT2D eigenvalue weighted by atomic mass is 9.94. The maximum absolute atomic E-state index is 12.9. The van der Waals surface area contributed by atoms with Gasteiger partial charge in [0, 0.05) is 38.8 Å². The molecule has 0 spiro atoms. The van der Waals surface area contributed by atoms with Gasteiger partial charge >= 0.3 is 0 Å². The number of hydrogen-bond acceptors (Lipinski definition) is 4. The highest BCUT2D eigenvalue weighted by atomic mass is 19.1. The summed E-state index contributed by atoms with van der Waals surface area (Å²) in [6.07, 6.45) is 3.28. The quantitative estimate of drug-likeness (QED) is 0.823. The first-order valence-electron chi connectivity index (χ1n) is 5.78. The standard InChI is InChI=1S/C12H15FN2O3/c13-10-5-9(6-14-7-10)11(16)15-8-12(17)1-3-18-4-2-12/h5-7,17H,1-4,8H2,(H,15,16). The first-order chi connectivity index (χ1) is 8.59. The highest BCUT2D eigenvalue weighted by Gasteiger charge is 2.30. The second-order valence-electron chi connectivity index (χ2n) is 4.41. The van der Waals surface area contributed by atoms with Gasteiger partial charge in [-0.15, -0.1) is 0 Å². The molecule has 6 heteroatoms. The molecular weight excluding hydrogens is 239 g/mol. The van der Waals surface area contributed by atoms with E-state index in [1.54, 1.807) is 0 Å². The number of pyridine rings is 1. The van der Waals surface area contributed by atoms with E-state index in [9.17, 15) is 14.3 Å². The van der Waals surface area contributed by atoms with Crippen LogP contribution in [0.3, 0.4) is 0 Å². The Balaban J connectivity index is 1.92. The minimum Gasteiger partial charge on any atom is -0.388 e. The smallest absolute Gasteiger partial charge is 0.253 e. The summed E-state index contributed by atoms with van der Waals surface area (Å²) in [5, 5.41) is 12.7. The summed E-state index contributed by atoms with van der Waals surface area (Å²) in [7, 11) is 0. The van der Waals surface area contributed by atoms with E-state index in [2.05, 4.69) is 10.3 Å². The Kier molecular flexibility index (Phi) is 3.88. The van der Waals surface area contributed by atoms with Crippen LogP contribution in [0.4, 0.5) is 4.39 Å². The third kappa shape index (κ3) is 3.24. The van der Waals surface area contributed by atoms with Gasteiger partial charge in [-0.25, -0.2) is 4.39 Å². The number of nitrogens with zero attached hydrogens (tertiary/aromatic N) is 1. The molecule has 0 aromatic carbocycles. The monoisotopic (exact) mass is 254 g/mol. The van der Waals surface area contributed by atoms with Gasteiger partial charge < -0.3 is 15.2 Å². The van der Waals surface area contributed by atoms with Crippen LogP contribution in [0, 0.1) is 5.82 Å². The number of carbonyl (C=O) groups is 1. The Labute approximate surface area is 104 Å². The molecule has 1 aromatic rings. The van der Waals surface area contributed by atoms with E-state index in [0.29, 0.717) is 26.1 Å². The van der Waals surface area contributed by atoms with Crippen LogP contribution >= 0.6 is 0 Å². The molecule has 0 saturated carbocycles. The van der Waals surface area contributed by atoms with E-state index in [1.807, 2.05) is 0 Å². The van der Waals surface area contributed by atoms with E-state index < -0.39 is 17.3 Å². The van der Waals surface area contributed by atoms with Crippen molar-refractivity contribution >= 4 is 5.91 Å². The number of ether oxygens (including phenoxy) is 1. The molecule has 98 valence electrons. The molecular formula is C12H15FN2O3. The fourth-order valence-electron chi connectivity index (χ4n) is 1.81. The zero-order chi connectivity index (χ0) is 13.0. The van der Waals surface area contributed by atoms with Crippen molar-refractivity contribution < 1.29 is 19.0 Å². The zero-order valence-corrected chi connectivity index (χ0v) is 9.86. The number of rotatable bonds is 3. The summed E-state index contributed by atoms with van der Waals surface area (Å²) in [5.41, 5.74) is -0.792. The first-order valence-corrected chi connectivity index (χ1v) is 5.78. The molecule has 0 radical (unpaired) electrons. The summed E-state index contributed by atoms with van der Waals surface area (Å²) in [5.74, 6) is -1.01. The normalized spacial score (nSPS) is 18.3. The molecule has 1 aromatic heterocycles. The van der Waals surface area contributed by atoms with Crippen LogP contribution < -0.4 is 5.32 Å². The second kappa shape index (κ2) is 5.41. The SMILES string of the molecule is O=C(NCC1(O)CCOCC1)c1cncc(F)c1. The molecule has 1 amide bonds. The molecule has 0 unspecified atom stereocenters. The second-order valence-corrected chi connectivity index (χ2v) is 4.41. The van der Waals surface area contributed by atoms with Gasteiger partial charge in [0.1, 0.15) is 5.82 Å². The van der Waals surface area contributed by atoms with Crippen molar-refractivity contribution in [1.29, 1.82) is 0 Å². The fourth-order valence-corrected chi connectivity index (χ4v) is 1.81. The summed E-state index contributed by atoms with van der Waals surface area (Å²) in [6.45, 7) is 1.09. The molecule has 2 heterocycles. The topological polar surface area (TPSA) is 71.5 Å². The Morgan fingerprint density at radius 2 is 2.22 bits per heavy atom. The maximum atomic E-state index is 12.9. The van der Waals surface area contributed by atoms with Gasteiger partial charge in [0.05, 0.1) is 17.4 Å². The minimum atomic E-state index is -0.936. The number of amides is 1. The van der Waals surface area contributed by atoms with E-state index in [0.717, 1.165) is 12.3 Å². The summed E-state index contributed by atoms with van der Waals surface area (Å²) >= 11 is 0. The Bertz CT molecular complexity index is 433. The summed E-state index contributed by atoms with van der Waals surface area (Å²) in [4.78, 5) is 15.3. The molecule has 1 saturated heterocycles.